The van der Waals surface area contributed by atoms with Crippen LogP contribution in [-0.4, -0.2) is 33.7 Å². The van der Waals surface area contributed by atoms with Gasteiger partial charge in [-0.05, 0) is 44.5 Å². The van der Waals surface area contributed by atoms with E-state index in [1.54, 1.807) is 18.7 Å². The maximum atomic E-state index is 12.3. The first kappa shape index (κ1) is 21.4. The van der Waals surface area contributed by atoms with Crippen LogP contribution in [0.2, 0.25) is 0 Å². The van der Waals surface area contributed by atoms with Crippen molar-refractivity contribution < 1.29 is 14.3 Å². The maximum absolute atomic E-state index is 12.3. The Labute approximate surface area is 178 Å². The zero-order chi connectivity index (χ0) is 21.7. The number of amides is 1. The molecule has 1 aromatic heterocycles. The molecule has 3 aromatic rings. The lowest BCUT2D eigenvalue weighted by atomic mass is 10.1. The summed E-state index contributed by atoms with van der Waals surface area (Å²) in [5.74, 6) is 1.83. The summed E-state index contributed by atoms with van der Waals surface area (Å²) < 4.78 is 13.6. The van der Waals surface area contributed by atoms with Crippen molar-refractivity contribution in [2.45, 2.75) is 46.7 Å². The average Bonchev–Trinajstić information content (AvgIpc) is 3.07. The summed E-state index contributed by atoms with van der Waals surface area (Å²) in [6, 6.07) is 17.4. The van der Waals surface area contributed by atoms with E-state index in [9.17, 15) is 4.79 Å². The Morgan fingerprint density at radius 2 is 1.73 bits per heavy atom. The van der Waals surface area contributed by atoms with Crippen LogP contribution >= 0.6 is 0 Å². The molecule has 0 aliphatic rings. The maximum Gasteiger partial charge on any atom is 0.228 e. The summed E-state index contributed by atoms with van der Waals surface area (Å²) >= 11 is 0. The molecule has 3 rings (SSSR count). The monoisotopic (exact) mass is 407 g/mol. The first-order valence-corrected chi connectivity index (χ1v) is 10.2. The van der Waals surface area contributed by atoms with Gasteiger partial charge in [0.2, 0.25) is 11.8 Å². The summed E-state index contributed by atoms with van der Waals surface area (Å²) in [7, 11) is 1.61. The minimum atomic E-state index is 0.0273. The van der Waals surface area contributed by atoms with E-state index in [4.69, 9.17) is 14.6 Å². The molecular weight excluding hydrogens is 378 g/mol. The van der Waals surface area contributed by atoms with Crippen molar-refractivity contribution in [3.8, 4) is 23.1 Å². The third-order valence-corrected chi connectivity index (χ3v) is 5.27. The number of carbonyl (C=O) groups excluding carboxylic acids is 1. The van der Waals surface area contributed by atoms with Crippen LogP contribution in [0.25, 0.3) is 5.69 Å². The van der Waals surface area contributed by atoms with Crippen LogP contribution < -0.4 is 9.47 Å². The Hall–Kier alpha value is -3.28. The Kier molecular flexibility index (Phi) is 6.77. The summed E-state index contributed by atoms with van der Waals surface area (Å²) in [5, 5.41) is 4.74. The summed E-state index contributed by atoms with van der Waals surface area (Å²) in [6.45, 7) is 8.10. The molecule has 30 heavy (non-hydrogen) atoms. The molecule has 0 saturated heterocycles. The van der Waals surface area contributed by atoms with E-state index in [1.165, 1.54) is 0 Å². The van der Waals surface area contributed by atoms with E-state index in [0.717, 1.165) is 23.4 Å². The molecule has 0 saturated carbocycles. The number of aryl methyl sites for hydroxylation is 1. The summed E-state index contributed by atoms with van der Waals surface area (Å²) in [5.41, 5.74) is 2.58. The van der Waals surface area contributed by atoms with E-state index in [1.807, 2.05) is 66.4 Å². The topological polar surface area (TPSA) is 56.6 Å². The molecule has 0 unspecified atom stereocenters. The van der Waals surface area contributed by atoms with Gasteiger partial charge in [0.15, 0.2) is 11.5 Å². The van der Waals surface area contributed by atoms with Gasteiger partial charge in [0.05, 0.1) is 30.6 Å². The highest BCUT2D eigenvalue weighted by Gasteiger charge is 2.25. The molecule has 0 radical (unpaired) electrons. The molecular formula is C24H29N3O3. The number of nitrogens with zero attached hydrogens (tertiary/aromatic N) is 3. The van der Waals surface area contributed by atoms with Gasteiger partial charge in [0, 0.05) is 13.0 Å². The molecule has 6 heteroatoms. The van der Waals surface area contributed by atoms with Crippen molar-refractivity contribution in [1.82, 2.24) is 14.7 Å². The Bertz CT molecular complexity index is 998. The molecule has 1 amide bonds. The molecule has 6 nitrogen and oxygen atoms in total. The highest BCUT2D eigenvalue weighted by Crippen LogP contribution is 2.36. The first-order valence-electron chi connectivity index (χ1n) is 10.2. The lowest BCUT2D eigenvalue weighted by Gasteiger charge is -2.27. The first-order chi connectivity index (χ1) is 14.5. The van der Waals surface area contributed by atoms with Crippen molar-refractivity contribution in [1.29, 1.82) is 0 Å². The van der Waals surface area contributed by atoms with Crippen LogP contribution in [0.15, 0.2) is 54.6 Å². The molecule has 0 fully saturated rings. The number of benzene rings is 2. The average molecular weight is 408 g/mol. The SMILES string of the molecule is CC[C@H](C)N(Cc1c(C)nn(-c2ccccc2)c1Oc1ccccc1OC)C(C)=O. The highest BCUT2D eigenvalue weighted by atomic mass is 16.5. The van der Waals surface area contributed by atoms with Crippen LogP contribution in [0.5, 0.6) is 17.4 Å². The van der Waals surface area contributed by atoms with Gasteiger partial charge >= 0.3 is 0 Å². The summed E-state index contributed by atoms with van der Waals surface area (Å²) in [4.78, 5) is 14.2. The predicted octanol–water partition coefficient (Wildman–Crippen LogP) is 5.13. The Morgan fingerprint density at radius 1 is 1.10 bits per heavy atom. The van der Waals surface area contributed by atoms with E-state index in [0.29, 0.717) is 23.9 Å². The van der Waals surface area contributed by atoms with Gasteiger partial charge in [-0.15, -0.1) is 0 Å². The van der Waals surface area contributed by atoms with Crippen molar-refractivity contribution >= 4 is 5.91 Å². The second-order valence-electron chi connectivity index (χ2n) is 7.27. The molecule has 0 spiro atoms. The number of ether oxygens (including phenoxy) is 2. The number of methoxy groups -OCH3 is 1. The van der Waals surface area contributed by atoms with Crippen LogP contribution in [0.1, 0.15) is 38.4 Å². The number of para-hydroxylation sites is 3. The second kappa shape index (κ2) is 9.48. The number of rotatable bonds is 8. The third kappa shape index (κ3) is 4.48. The van der Waals surface area contributed by atoms with Crippen molar-refractivity contribution in [3.05, 3.63) is 65.9 Å². The van der Waals surface area contributed by atoms with Crippen molar-refractivity contribution in [2.75, 3.05) is 7.11 Å². The molecule has 2 aromatic carbocycles. The lowest BCUT2D eigenvalue weighted by molar-refractivity contribution is -0.131. The van der Waals surface area contributed by atoms with Crippen LogP contribution in [0, 0.1) is 6.92 Å². The lowest BCUT2D eigenvalue weighted by Crippen LogP contribution is -2.36. The molecule has 1 atom stereocenters. The van der Waals surface area contributed by atoms with Crippen molar-refractivity contribution in [2.24, 2.45) is 0 Å². The fourth-order valence-electron chi connectivity index (χ4n) is 3.34. The smallest absolute Gasteiger partial charge is 0.228 e. The van der Waals surface area contributed by atoms with Crippen LogP contribution in [0.3, 0.4) is 0 Å². The van der Waals surface area contributed by atoms with Gasteiger partial charge in [0.25, 0.3) is 0 Å². The van der Waals surface area contributed by atoms with E-state index in [2.05, 4.69) is 13.8 Å². The fraction of sp³-hybridized carbons (Fsp3) is 0.333. The third-order valence-electron chi connectivity index (χ3n) is 5.27. The van der Waals surface area contributed by atoms with Crippen LogP contribution in [0.4, 0.5) is 0 Å². The minimum absolute atomic E-state index is 0.0273. The fourth-order valence-corrected chi connectivity index (χ4v) is 3.34. The number of hydrogen-bond donors (Lipinski definition) is 0. The van der Waals surface area contributed by atoms with E-state index >= 15 is 0 Å². The zero-order valence-electron chi connectivity index (χ0n) is 18.3. The second-order valence-corrected chi connectivity index (χ2v) is 7.27. The normalized spacial score (nSPS) is 11.8. The number of carbonyl (C=O) groups is 1. The van der Waals surface area contributed by atoms with Crippen molar-refractivity contribution in [3.63, 3.8) is 0 Å². The minimum Gasteiger partial charge on any atom is -0.493 e. The molecule has 158 valence electrons. The Morgan fingerprint density at radius 3 is 2.33 bits per heavy atom. The summed E-state index contributed by atoms with van der Waals surface area (Å²) in [6.07, 6.45) is 0.869. The molecule has 0 bridgehead atoms. The largest absolute Gasteiger partial charge is 0.493 e. The van der Waals surface area contributed by atoms with Gasteiger partial charge < -0.3 is 14.4 Å². The van der Waals surface area contributed by atoms with E-state index < -0.39 is 0 Å². The van der Waals surface area contributed by atoms with E-state index in [-0.39, 0.29) is 11.9 Å². The molecule has 0 aliphatic carbocycles. The van der Waals surface area contributed by atoms with Gasteiger partial charge in [0.1, 0.15) is 0 Å². The van der Waals surface area contributed by atoms with Gasteiger partial charge in [-0.3, -0.25) is 4.79 Å². The van der Waals surface area contributed by atoms with Crippen LogP contribution in [-0.2, 0) is 11.3 Å². The standard InChI is InChI=1S/C24H29N3O3/c1-6-17(2)26(19(4)28)16-21-18(3)25-27(20-12-8-7-9-13-20)24(21)30-23-15-11-10-14-22(23)29-5/h7-15,17H,6,16H2,1-5H3/t17-/m0/s1. The van der Waals surface area contributed by atoms with Gasteiger partial charge in [-0.25, -0.2) is 4.68 Å². The van der Waals surface area contributed by atoms with Gasteiger partial charge in [-0.1, -0.05) is 37.3 Å². The van der Waals surface area contributed by atoms with Gasteiger partial charge in [-0.2, -0.15) is 5.10 Å². The molecule has 1 heterocycles. The molecule has 0 aliphatic heterocycles. The highest BCUT2D eigenvalue weighted by molar-refractivity contribution is 5.73. The quantitative estimate of drug-likeness (QED) is 0.519. The number of hydrogen-bond acceptors (Lipinski definition) is 4. The Balaban J connectivity index is 2.12. The predicted molar refractivity (Wildman–Crippen MR) is 117 cm³/mol. The molecule has 0 N–H and O–H groups in total. The number of aromatic nitrogens is 2. The zero-order valence-corrected chi connectivity index (χ0v) is 18.3.